The van der Waals surface area contributed by atoms with E-state index < -0.39 is 41.1 Å². The van der Waals surface area contributed by atoms with Gasteiger partial charge in [0.15, 0.2) is 5.41 Å². The van der Waals surface area contributed by atoms with Crippen molar-refractivity contribution in [3.63, 3.8) is 0 Å². The molecule has 2 aromatic rings. The van der Waals surface area contributed by atoms with Crippen molar-refractivity contribution < 1.29 is 28.8 Å². The van der Waals surface area contributed by atoms with E-state index in [4.69, 9.17) is 0 Å². The summed E-state index contributed by atoms with van der Waals surface area (Å²) < 4.78 is 0. The zero-order valence-corrected chi connectivity index (χ0v) is 23.2. The lowest BCUT2D eigenvalue weighted by atomic mass is 9.68. The number of carbonyl (C=O) groups excluding carboxylic acids is 6. The molecular weight excluding hydrogens is 526 g/mol. The van der Waals surface area contributed by atoms with Gasteiger partial charge in [0.05, 0.1) is 11.7 Å². The van der Waals surface area contributed by atoms with E-state index in [-0.39, 0.29) is 18.0 Å². The number of carbonyl (C=O) groups is 6. The maximum atomic E-state index is 13.6. The van der Waals surface area contributed by atoms with Gasteiger partial charge in [-0.25, -0.2) is 14.5 Å². The number of imide groups is 4. The van der Waals surface area contributed by atoms with Crippen LogP contribution in [0.4, 0.5) is 21.0 Å². The summed E-state index contributed by atoms with van der Waals surface area (Å²) in [6.07, 6.45) is 2.91. The third kappa shape index (κ3) is 3.71. The number of aryl methyl sites for hydroxylation is 2. The van der Waals surface area contributed by atoms with Crippen LogP contribution in [0, 0.1) is 19.3 Å². The van der Waals surface area contributed by atoms with Gasteiger partial charge in [-0.2, -0.15) is 0 Å². The Morgan fingerprint density at radius 1 is 0.902 bits per heavy atom. The second-order valence-corrected chi connectivity index (χ2v) is 11.1. The maximum absolute atomic E-state index is 13.6. The minimum Gasteiger partial charge on any atom is -0.367 e. The number of urea groups is 2. The summed E-state index contributed by atoms with van der Waals surface area (Å²) in [5.41, 5.74) is 2.32. The van der Waals surface area contributed by atoms with Gasteiger partial charge in [0.25, 0.3) is 11.8 Å². The van der Waals surface area contributed by atoms with Crippen molar-refractivity contribution in [2.75, 3.05) is 30.4 Å². The monoisotopic (exact) mass is 555 g/mol. The summed E-state index contributed by atoms with van der Waals surface area (Å²) in [6.45, 7) is 4.27. The van der Waals surface area contributed by atoms with E-state index in [9.17, 15) is 28.8 Å². The van der Waals surface area contributed by atoms with Gasteiger partial charge in [-0.3, -0.25) is 34.3 Å². The Morgan fingerprint density at radius 3 is 2.32 bits per heavy atom. The first kappa shape index (κ1) is 26.4. The zero-order valence-electron chi connectivity index (χ0n) is 23.2. The summed E-state index contributed by atoms with van der Waals surface area (Å²) in [5.74, 6) is -2.61. The Labute approximate surface area is 236 Å². The van der Waals surface area contributed by atoms with Crippen molar-refractivity contribution in [2.45, 2.75) is 39.2 Å². The van der Waals surface area contributed by atoms with Crippen molar-refractivity contribution >= 4 is 53.1 Å². The summed E-state index contributed by atoms with van der Waals surface area (Å²) in [4.78, 5) is 83.9. The summed E-state index contributed by atoms with van der Waals surface area (Å²) in [7, 11) is 2.78. The number of benzene rings is 2. The zero-order chi connectivity index (χ0) is 29.4. The second kappa shape index (κ2) is 9.12. The summed E-state index contributed by atoms with van der Waals surface area (Å²) in [6, 6.07) is 8.89. The largest absolute Gasteiger partial charge is 0.367 e. The number of hydrogen-bond acceptors (Lipinski definition) is 7. The summed E-state index contributed by atoms with van der Waals surface area (Å²) in [5, 5.41) is 2.26. The van der Waals surface area contributed by atoms with Gasteiger partial charge >= 0.3 is 12.1 Å². The molecule has 4 heterocycles. The van der Waals surface area contributed by atoms with Gasteiger partial charge in [0, 0.05) is 26.3 Å². The van der Waals surface area contributed by atoms with Crippen molar-refractivity contribution in [1.82, 2.24) is 15.1 Å². The van der Waals surface area contributed by atoms with Crippen LogP contribution < -0.4 is 15.1 Å². The highest BCUT2D eigenvalue weighted by Gasteiger charge is 2.63. The quantitative estimate of drug-likeness (QED) is 0.343. The minimum absolute atomic E-state index is 0.0768. The average Bonchev–Trinajstić information content (AvgIpc) is 3.44. The molecule has 8 amide bonds. The van der Waals surface area contributed by atoms with Crippen molar-refractivity contribution in [2.24, 2.45) is 5.41 Å². The molecule has 0 bridgehead atoms. The Bertz CT molecular complexity index is 1600. The molecule has 3 saturated heterocycles. The number of barbiturate groups is 2. The number of anilines is 2. The fraction of sp³-hybridized carbons (Fsp3) is 0.333. The van der Waals surface area contributed by atoms with Crippen LogP contribution in [-0.4, -0.2) is 72.2 Å². The van der Waals surface area contributed by atoms with Crippen LogP contribution in [0.3, 0.4) is 0 Å². The molecule has 0 radical (unpaired) electrons. The van der Waals surface area contributed by atoms with Crippen LogP contribution in [0.15, 0.2) is 42.0 Å². The number of hydrogen-bond donors (Lipinski definition) is 1. The molecule has 0 saturated carbocycles. The number of fused-ring (bicyclic) bond motifs is 4. The van der Waals surface area contributed by atoms with Gasteiger partial charge in [0.1, 0.15) is 5.57 Å². The van der Waals surface area contributed by atoms with Gasteiger partial charge in [-0.15, -0.1) is 0 Å². The van der Waals surface area contributed by atoms with Crippen LogP contribution >= 0.6 is 0 Å². The smallest absolute Gasteiger partial charge is 0.335 e. The third-order valence-electron chi connectivity index (χ3n) is 8.67. The first-order chi connectivity index (χ1) is 19.5. The number of nitrogens with one attached hydrogen (secondary N) is 1. The highest BCUT2D eigenvalue weighted by Crippen LogP contribution is 2.49. The molecule has 3 fully saturated rings. The molecule has 2 aromatic carbocycles. The lowest BCUT2D eigenvalue weighted by Crippen LogP contribution is -2.70. The molecule has 11 nitrogen and oxygen atoms in total. The molecule has 1 atom stereocenters. The molecule has 11 heteroatoms. The van der Waals surface area contributed by atoms with Crippen molar-refractivity contribution in [3.8, 4) is 0 Å². The van der Waals surface area contributed by atoms with E-state index in [0.29, 0.717) is 35.3 Å². The lowest BCUT2D eigenvalue weighted by molar-refractivity contribution is -0.159. The molecule has 0 aliphatic carbocycles. The van der Waals surface area contributed by atoms with E-state index in [1.165, 1.54) is 20.2 Å². The van der Waals surface area contributed by atoms with Crippen molar-refractivity contribution in [1.29, 1.82) is 0 Å². The molecule has 1 N–H and O–H groups in total. The minimum atomic E-state index is -1.46. The van der Waals surface area contributed by atoms with Crippen LogP contribution in [0.2, 0.25) is 0 Å². The van der Waals surface area contributed by atoms with Gasteiger partial charge in [0.2, 0.25) is 11.8 Å². The second-order valence-electron chi connectivity index (χ2n) is 11.1. The SMILES string of the molecule is Cc1ccc(C)c(N2C(=O)NC(=O)/C(=C\c3ccc4c(c3)CC3(C(=O)N(C)C(=O)N(C)C3=O)[C@@H]3CCCN43)C2=O)c1. The van der Waals surface area contributed by atoms with Crippen LogP contribution in [0.25, 0.3) is 6.08 Å². The van der Waals surface area contributed by atoms with Crippen LogP contribution in [0.1, 0.15) is 35.1 Å². The van der Waals surface area contributed by atoms with Crippen molar-refractivity contribution in [3.05, 3.63) is 64.2 Å². The number of amides is 8. The topological polar surface area (TPSA) is 127 Å². The van der Waals surface area contributed by atoms with Crippen LogP contribution in [0.5, 0.6) is 0 Å². The van der Waals surface area contributed by atoms with E-state index in [1.54, 1.807) is 31.2 Å². The van der Waals surface area contributed by atoms with E-state index >= 15 is 0 Å². The molecule has 0 aromatic heterocycles. The highest BCUT2D eigenvalue weighted by molar-refractivity contribution is 6.39. The first-order valence-corrected chi connectivity index (χ1v) is 13.4. The molecule has 210 valence electrons. The average molecular weight is 556 g/mol. The maximum Gasteiger partial charge on any atom is 0.335 e. The normalized spacial score (nSPS) is 23.0. The van der Waals surface area contributed by atoms with Gasteiger partial charge in [-0.05, 0) is 79.6 Å². The van der Waals surface area contributed by atoms with E-state index in [0.717, 1.165) is 32.4 Å². The molecule has 6 rings (SSSR count). The third-order valence-corrected chi connectivity index (χ3v) is 8.67. The predicted octanol–water partition coefficient (Wildman–Crippen LogP) is 2.53. The Kier molecular flexibility index (Phi) is 5.88. The molecule has 4 aliphatic rings. The van der Waals surface area contributed by atoms with E-state index in [2.05, 4.69) is 10.2 Å². The molecule has 41 heavy (non-hydrogen) atoms. The number of rotatable bonds is 2. The molecule has 4 aliphatic heterocycles. The first-order valence-electron chi connectivity index (χ1n) is 13.4. The molecular formula is C30H29N5O6. The van der Waals surface area contributed by atoms with E-state index in [1.807, 2.05) is 19.1 Å². The highest BCUT2D eigenvalue weighted by atomic mass is 16.2. The predicted molar refractivity (Wildman–Crippen MR) is 149 cm³/mol. The van der Waals surface area contributed by atoms with Gasteiger partial charge < -0.3 is 4.90 Å². The molecule has 0 unspecified atom stereocenters. The Hall–Kier alpha value is -4.80. The Balaban J connectivity index is 1.42. The molecule has 1 spiro atoms. The standard InChI is InChI=1S/C30H29N5O6/c1-16-7-8-17(2)22(12-16)35-25(37)20(24(36)31-28(35)40)14-18-9-10-21-19(13-18)15-30(23-6-5-11-34(21)23)26(38)32(3)29(41)33(4)27(30)39/h7-10,12-14,23H,5-6,11,15H2,1-4H3,(H,31,36,40)/b20-14+/t23-/m0/s1. The summed E-state index contributed by atoms with van der Waals surface area (Å²) >= 11 is 0. The fourth-order valence-corrected chi connectivity index (χ4v) is 6.63. The lowest BCUT2D eigenvalue weighted by Gasteiger charge is -2.50. The van der Waals surface area contributed by atoms with Crippen LogP contribution in [-0.2, 0) is 25.6 Å². The van der Waals surface area contributed by atoms with Gasteiger partial charge in [-0.1, -0.05) is 18.2 Å². The fourth-order valence-electron chi connectivity index (χ4n) is 6.63. The number of nitrogens with zero attached hydrogens (tertiary/aromatic N) is 4. The Morgan fingerprint density at radius 2 is 1.61 bits per heavy atom.